The zero-order valence-electron chi connectivity index (χ0n) is 21.6. The molecule has 2 N–H and O–H groups in total. The predicted molar refractivity (Wildman–Crippen MR) is 149 cm³/mol. The Morgan fingerprint density at radius 1 is 0.632 bits per heavy atom. The molecule has 8 heteroatoms. The molecule has 0 aliphatic carbocycles. The number of rotatable bonds is 10. The molecule has 3 aromatic rings. The van der Waals surface area contributed by atoms with Crippen LogP contribution in [0.4, 0.5) is 8.78 Å². The third-order valence-electron chi connectivity index (χ3n) is 6.53. The molecule has 0 saturated heterocycles. The Morgan fingerprint density at radius 3 is 1.61 bits per heavy atom. The first-order chi connectivity index (χ1) is 18.5. The first kappa shape index (κ1) is 26.0. The predicted octanol–water partition coefficient (Wildman–Crippen LogP) is 7.53. The van der Waals surface area contributed by atoms with Crippen molar-refractivity contribution in [1.29, 1.82) is 0 Å². The fraction of sp³-hybridized carbons (Fsp3) is 0.333. The van der Waals surface area contributed by atoms with E-state index < -0.39 is 13.3 Å². The van der Waals surface area contributed by atoms with Gasteiger partial charge in [-0.2, -0.15) is 0 Å². The highest BCUT2D eigenvalue weighted by Crippen LogP contribution is 2.28. The summed E-state index contributed by atoms with van der Waals surface area (Å²) in [5.41, 5.74) is 8.73. The summed E-state index contributed by atoms with van der Waals surface area (Å²) in [6.07, 6.45) is 8.11. The maximum atomic E-state index is 12.7. The zero-order valence-corrected chi connectivity index (χ0v) is 21.6. The maximum absolute atomic E-state index is 12.7. The third kappa shape index (κ3) is 6.09. The van der Waals surface area contributed by atoms with Gasteiger partial charge in [0.2, 0.25) is 0 Å². The van der Waals surface area contributed by atoms with Crippen LogP contribution in [-0.4, -0.2) is 46.5 Å². The van der Waals surface area contributed by atoms with Crippen molar-refractivity contribution in [3.63, 3.8) is 0 Å². The number of aromatic amines is 2. The second-order valence-electron chi connectivity index (χ2n) is 9.47. The molecule has 5 heterocycles. The first-order valence-corrected chi connectivity index (χ1v) is 13.0. The zero-order chi connectivity index (χ0) is 26.5. The summed E-state index contributed by atoms with van der Waals surface area (Å²) < 4.78 is 37.2. The van der Waals surface area contributed by atoms with Crippen molar-refractivity contribution in [2.24, 2.45) is 0 Å². The lowest BCUT2D eigenvalue weighted by molar-refractivity contribution is 0.0616. The number of alkyl halides is 2. The number of hydrogen-bond acceptors (Lipinski definition) is 4. The monoisotopic (exact) mass is 518 g/mol. The van der Waals surface area contributed by atoms with Gasteiger partial charge >= 0.3 is 0 Å². The number of ether oxygens (including phenoxy) is 2. The molecule has 38 heavy (non-hydrogen) atoms. The molecule has 0 saturated carbocycles. The SMILES string of the molecule is CC(OCCCF)c1cc2cc3[nH]c(cc4nc(cc5nc(cc1[nH]2)C=C5)C=C4)cc3C(C)OCCCF. The molecule has 198 valence electrons. The molecule has 2 unspecified atom stereocenters. The van der Waals surface area contributed by atoms with E-state index in [-0.39, 0.29) is 12.2 Å². The molecule has 2 atom stereocenters. The Bertz CT molecular complexity index is 1510. The number of nitrogens with zero attached hydrogens (tertiary/aromatic N) is 2. The fourth-order valence-electron chi connectivity index (χ4n) is 4.62. The van der Waals surface area contributed by atoms with Gasteiger partial charge in [-0.15, -0.1) is 0 Å². The van der Waals surface area contributed by atoms with Gasteiger partial charge in [0.05, 0.1) is 48.3 Å². The highest BCUT2D eigenvalue weighted by Gasteiger charge is 2.14. The van der Waals surface area contributed by atoms with Crippen LogP contribution in [0.1, 0.15) is 72.8 Å². The van der Waals surface area contributed by atoms with Crippen LogP contribution in [0, 0.1) is 0 Å². The summed E-state index contributed by atoms with van der Waals surface area (Å²) in [5.74, 6) is 0. The number of nitrogens with one attached hydrogen (secondary N) is 2. The topological polar surface area (TPSA) is 75.8 Å². The lowest BCUT2D eigenvalue weighted by atomic mass is 10.1. The highest BCUT2D eigenvalue weighted by molar-refractivity contribution is 5.79. The van der Waals surface area contributed by atoms with Crippen molar-refractivity contribution in [3.05, 3.63) is 70.3 Å². The van der Waals surface area contributed by atoms with E-state index >= 15 is 0 Å². The number of aromatic nitrogens is 4. The van der Waals surface area contributed by atoms with Crippen molar-refractivity contribution < 1.29 is 18.3 Å². The first-order valence-electron chi connectivity index (χ1n) is 13.0. The van der Waals surface area contributed by atoms with Crippen molar-refractivity contribution >= 4 is 46.4 Å². The largest absolute Gasteiger partial charge is 0.374 e. The standard InChI is InChI=1S/C30H32F2N4O2/c1-19(37-11-3-9-31)27-15-25-14-23-6-5-21(33-23)13-22-7-8-24(34-22)17-29-28(20(2)38-12-4-10-32)16-26(36-29)18-30(27)35-25/h5-8,13-20,35-36H,3-4,9-12H2,1-2H3. The van der Waals surface area contributed by atoms with Crippen molar-refractivity contribution in [1.82, 2.24) is 19.9 Å². The molecule has 5 rings (SSSR count). The van der Waals surface area contributed by atoms with E-state index in [0.29, 0.717) is 26.1 Å². The van der Waals surface area contributed by atoms with Gasteiger partial charge in [0.15, 0.2) is 0 Å². The van der Waals surface area contributed by atoms with E-state index in [2.05, 4.69) is 9.97 Å². The Balaban J connectivity index is 1.70. The van der Waals surface area contributed by atoms with Gasteiger partial charge < -0.3 is 19.4 Å². The van der Waals surface area contributed by atoms with Gasteiger partial charge in [-0.25, -0.2) is 9.97 Å². The lowest BCUT2D eigenvalue weighted by Crippen LogP contribution is -2.01. The van der Waals surface area contributed by atoms with E-state index in [0.717, 1.165) is 56.0 Å². The maximum Gasteiger partial charge on any atom is 0.0916 e. The van der Waals surface area contributed by atoms with E-state index in [4.69, 9.17) is 19.4 Å². The van der Waals surface area contributed by atoms with Crippen LogP contribution in [-0.2, 0) is 9.47 Å². The molecule has 6 nitrogen and oxygen atoms in total. The molecule has 2 aliphatic heterocycles. The molecule has 0 radical (unpaired) electrons. The van der Waals surface area contributed by atoms with Crippen LogP contribution in [0.2, 0.25) is 0 Å². The minimum atomic E-state index is -0.408. The smallest absolute Gasteiger partial charge is 0.0916 e. The van der Waals surface area contributed by atoms with Crippen LogP contribution in [0.5, 0.6) is 0 Å². The minimum Gasteiger partial charge on any atom is -0.374 e. The van der Waals surface area contributed by atoms with E-state index in [1.807, 2.05) is 74.5 Å². The van der Waals surface area contributed by atoms with Crippen LogP contribution in [0.3, 0.4) is 0 Å². The molecule has 3 aromatic heterocycles. The van der Waals surface area contributed by atoms with Gasteiger partial charge in [-0.05, 0) is 87.4 Å². The molecule has 0 amide bonds. The summed E-state index contributed by atoms with van der Waals surface area (Å²) in [5, 5.41) is 0. The second kappa shape index (κ2) is 11.8. The van der Waals surface area contributed by atoms with Crippen LogP contribution >= 0.6 is 0 Å². The van der Waals surface area contributed by atoms with Gasteiger partial charge in [0.25, 0.3) is 0 Å². The fourth-order valence-corrected chi connectivity index (χ4v) is 4.62. The van der Waals surface area contributed by atoms with Gasteiger partial charge in [0, 0.05) is 46.4 Å². The van der Waals surface area contributed by atoms with E-state index in [1.54, 1.807) is 0 Å². The molecular weight excluding hydrogens is 486 g/mol. The van der Waals surface area contributed by atoms with Crippen LogP contribution in [0.15, 0.2) is 36.4 Å². The van der Waals surface area contributed by atoms with E-state index in [1.165, 1.54) is 0 Å². The summed E-state index contributed by atoms with van der Waals surface area (Å²) in [4.78, 5) is 16.4. The van der Waals surface area contributed by atoms with Crippen molar-refractivity contribution in [2.75, 3.05) is 26.6 Å². The van der Waals surface area contributed by atoms with Gasteiger partial charge in [0.1, 0.15) is 0 Å². The highest BCUT2D eigenvalue weighted by atomic mass is 19.1. The summed E-state index contributed by atoms with van der Waals surface area (Å²) in [7, 11) is 0. The summed E-state index contributed by atoms with van der Waals surface area (Å²) in [6, 6.07) is 12.1. The molecule has 2 aliphatic rings. The Hall–Kier alpha value is -3.62. The molecule has 0 spiro atoms. The van der Waals surface area contributed by atoms with Crippen molar-refractivity contribution in [2.45, 2.75) is 38.9 Å². The Kier molecular flexibility index (Phi) is 8.10. The average Bonchev–Trinajstić information content (AvgIpc) is 3.68. The average molecular weight is 519 g/mol. The van der Waals surface area contributed by atoms with Crippen LogP contribution < -0.4 is 0 Å². The normalized spacial score (nSPS) is 14.2. The summed E-state index contributed by atoms with van der Waals surface area (Å²) >= 11 is 0. The molecule has 0 aromatic carbocycles. The summed E-state index contributed by atoms with van der Waals surface area (Å²) in [6.45, 7) is 3.81. The van der Waals surface area contributed by atoms with E-state index in [9.17, 15) is 8.78 Å². The Morgan fingerprint density at radius 2 is 1.08 bits per heavy atom. The number of hydrogen-bond donors (Lipinski definition) is 2. The Labute approximate surface area is 220 Å². The molecule has 8 bridgehead atoms. The second-order valence-corrected chi connectivity index (χ2v) is 9.47. The van der Waals surface area contributed by atoms with Gasteiger partial charge in [-0.3, -0.25) is 8.78 Å². The van der Waals surface area contributed by atoms with Gasteiger partial charge in [-0.1, -0.05) is 0 Å². The lowest BCUT2D eigenvalue weighted by Gasteiger charge is -2.11. The number of H-pyrrole nitrogens is 2. The molecule has 0 fully saturated rings. The van der Waals surface area contributed by atoms with Crippen LogP contribution in [0.25, 0.3) is 46.4 Å². The quantitative estimate of drug-likeness (QED) is 0.187. The molecular formula is C30H32F2N4O2. The number of halogens is 2. The third-order valence-corrected chi connectivity index (χ3v) is 6.53. The number of fused-ring (bicyclic) bond motifs is 8. The van der Waals surface area contributed by atoms with Crippen molar-refractivity contribution in [3.8, 4) is 0 Å². The minimum absolute atomic E-state index is 0.236.